The summed E-state index contributed by atoms with van der Waals surface area (Å²) in [6.45, 7) is 0. The zero-order valence-electron chi connectivity index (χ0n) is 36.2. The van der Waals surface area contributed by atoms with Crippen molar-refractivity contribution in [1.82, 2.24) is 0 Å². The highest BCUT2D eigenvalue weighted by Crippen LogP contribution is 2.27. The molecule has 0 heterocycles. The third kappa shape index (κ3) is 16.5. The molecule has 0 aliphatic rings. The number of benzene rings is 8. The van der Waals surface area contributed by atoms with Crippen LogP contribution >= 0.6 is 92.8 Å². The highest BCUT2D eigenvalue weighted by molar-refractivity contribution is 6.68. The van der Waals surface area contributed by atoms with Crippen LogP contribution in [0.4, 0.5) is 17.1 Å². The lowest BCUT2D eigenvalue weighted by atomic mass is 10.0. The number of nitro groups is 1. The van der Waals surface area contributed by atoms with Crippen LogP contribution < -0.4 is 11.1 Å². The van der Waals surface area contributed by atoms with Crippen molar-refractivity contribution in [1.29, 1.82) is 0 Å². The molecule has 71 heavy (non-hydrogen) atoms. The van der Waals surface area contributed by atoms with Crippen molar-refractivity contribution in [3.05, 3.63) is 272 Å². The van der Waals surface area contributed by atoms with Crippen LogP contribution in [0.2, 0.25) is 35.2 Å². The minimum absolute atomic E-state index is 0.113. The second-order valence-electron chi connectivity index (χ2n) is 14.5. The van der Waals surface area contributed by atoms with E-state index in [1.54, 1.807) is 109 Å². The van der Waals surface area contributed by atoms with E-state index < -0.39 is 16.1 Å². The Labute approximate surface area is 446 Å². The molecule has 0 saturated carbocycles. The summed E-state index contributed by atoms with van der Waals surface area (Å²) >= 11 is 46.3. The lowest BCUT2D eigenvalue weighted by Gasteiger charge is -2.09. The van der Waals surface area contributed by atoms with Crippen molar-refractivity contribution >= 4 is 138 Å². The molecule has 0 fully saturated rings. The van der Waals surface area contributed by atoms with Gasteiger partial charge in [0.1, 0.15) is 0 Å². The molecule has 8 aromatic rings. The van der Waals surface area contributed by atoms with Gasteiger partial charge in [-0.25, -0.2) is 0 Å². The van der Waals surface area contributed by atoms with Crippen LogP contribution in [0, 0.1) is 10.1 Å². The predicted molar refractivity (Wildman–Crippen MR) is 286 cm³/mol. The first-order chi connectivity index (χ1) is 33.8. The minimum Gasteiger partial charge on any atom is -0.399 e. The van der Waals surface area contributed by atoms with Crippen molar-refractivity contribution in [2.24, 2.45) is 0 Å². The molecule has 0 saturated heterocycles. The standard InChI is InChI=1S/C20H12Cl3NO2.C13H8ClNO3.C13H10ClNO.C7H3Cl3O/c21-14-8-13(9-15(22)10-14)20(26)24-16-6-7-18(23)17(11-16)19(25)12-4-2-1-3-5-12;14-12-7-6-10(15(17)18)8-11(12)13(16)9-4-2-1-3-5-9;14-12-7-6-10(15)8-11(12)13(16)9-4-2-1-3-5-9;8-5-1-4(7(10)11)2-6(9)3-5/h1-11H,(H,24,26);1-8H;1-8H,15H2;1-3H. The lowest BCUT2D eigenvalue weighted by molar-refractivity contribution is -0.384. The van der Waals surface area contributed by atoms with Crippen LogP contribution in [-0.2, 0) is 0 Å². The lowest BCUT2D eigenvalue weighted by Crippen LogP contribution is -2.12. The summed E-state index contributed by atoms with van der Waals surface area (Å²) in [6.07, 6.45) is 0. The Bertz CT molecular complexity index is 3210. The Morgan fingerprint density at radius 1 is 0.423 bits per heavy atom. The normalized spacial score (nSPS) is 10.1. The van der Waals surface area contributed by atoms with Crippen molar-refractivity contribution in [2.45, 2.75) is 0 Å². The van der Waals surface area contributed by atoms with E-state index >= 15 is 0 Å². The minimum atomic E-state index is -0.561. The van der Waals surface area contributed by atoms with E-state index in [9.17, 15) is 34.1 Å². The number of nitrogen functional groups attached to an aromatic ring is 1. The number of anilines is 2. The molecular weight excluding hydrogens is 1070 g/mol. The van der Waals surface area contributed by atoms with Crippen LogP contribution in [-0.4, -0.2) is 33.4 Å². The molecule has 8 aromatic carbocycles. The maximum atomic E-state index is 12.6. The largest absolute Gasteiger partial charge is 0.399 e. The van der Waals surface area contributed by atoms with Gasteiger partial charge in [-0.2, -0.15) is 0 Å². The number of nitro benzene ring substituents is 1. The highest BCUT2D eigenvalue weighted by Gasteiger charge is 2.18. The number of nitrogens with zero attached hydrogens (tertiary/aromatic N) is 1. The summed E-state index contributed by atoms with van der Waals surface area (Å²) in [6, 6.07) is 48.7. The number of nitrogens with two attached hydrogens (primary N) is 1. The van der Waals surface area contributed by atoms with Gasteiger partial charge in [0.05, 0.1) is 20.0 Å². The average Bonchev–Trinajstić information content (AvgIpc) is 3.35. The number of rotatable bonds is 10. The first-order valence-electron chi connectivity index (χ1n) is 20.3. The average molecular weight is 1110 g/mol. The third-order valence-corrected chi connectivity index (χ3v) is 11.5. The predicted octanol–water partition coefficient (Wildman–Crippen LogP) is 16.1. The quantitative estimate of drug-likeness (QED) is 0.0449. The van der Waals surface area contributed by atoms with Crippen molar-refractivity contribution in [3.8, 4) is 0 Å². The van der Waals surface area contributed by atoms with Crippen molar-refractivity contribution < 1.29 is 28.9 Å². The Balaban J connectivity index is 0.000000184. The molecule has 358 valence electrons. The Hall–Kier alpha value is -6.57. The van der Waals surface area contributed by atoms with Gasteiger partial charge in [0.15, 0.2) is 17.3 Å². The zero-order chi connectivity index (χ0) is 51.8. The fourth-order valence-corrected chi connectivity index (χ4v) is 7.86. The van der Waals surface area contributed by atoms with Crippen LogP contribution in [0.1, 0.15) is 68.5 Å². The molecular formula is C53H33Cl8N3O7. The molecule has 0 radical (unpaired) electrons. The number of halogens is 8. The maximum Gasteiger partial charge on any atom is 0.270 e. The number of ketones is 3. The molecule has 0 atom stereocenters. The summed E-state index contributed by atoms with van der Waals surface area (Å²) < 4.78 is 0. The number of nitrogens with one attached hydrogen (secondary N) is 1. The van der Waals surface area contributed by atoms with Crippen LogP contribution in [0.3, 0.4) is 0 Å². The number of amides is 1. The molecule has 0 bridgehead atoms. The van der Waals surface area contributed by atoms with Gasteiger partial charge in [-0.3, -0.25) is 34.1 Å². The molecule has 10 nitrogen and oxygen atoms in total. The number of carbonyl (C=O) groups is 5. The molecule has 3 N–H and O–H groups in total. The summed E-state index contributed by atoms with van der Waals surface area (Å²) in [5.74, 6) is -1.06. The monoisotopic (exact) mass is 1100 g/mol. The number of non-ortho nitro benzene ring substituents is 1. The number of carbonyl (C=O) groups excluding carboxylic acids is 5. The molecule has 0 unspecified atom stereocenters. The molecule has 0 aliphatic heterocycles. The topological polar surface area (TPSA) is 167 Å². The Morgan fingerprint density at radius 2 is 0.789 bits per heavy atom. The first-order valence-corrected chi connectivity index (χ1v) is 23.3. The third-order valence-electron chi connectivity index (χ3n) is 9.43. The number of hydrogen-bond donors (Lipinski definition) is 2. The van der Waals surface area contributed by atoms with Gasteiger partial charge in [-0.15, -0.1) is 0 Å². The van der Waals surface area contributed by atoms with Crippen molar-refractivity contribution in [2.75, 3.05) is 11.1 Å². The van der Waals surface area contributed by atoms with Crippen LogP contribution in [0.15, 0.2) is 182 Å². The zero-order valence-corrected chi connectivity index (χ0v) is 42.3. The molecule has 18 heteroatoms. The second-order valence-corrected chi connectivity index (χ2v) is 17.8. The van der Waals surface area contributed by atoms with Crippen LogP contribution in [0.25, 0.3) is 0 Å². The van der Waals surface area contributed by atoms with E-state index in [2.05, 4.69) is 5.32 Å². The van der Waals surface area contributed by atoms with E-state index in [0.29, 0.717) is 80.5 Å². The smallest absolute Gasteiger partial charge is 0.270 e. The van der Waals surface area contributed by atoms with E-state index in [1.807, 2.05) is 24.3 Å². The summed E-state index contributed by atoms with van der Waals surface area (Å²) in [4.78, 5) is 70.0. The van der Waals surface area contributed by atoms with Gasteiger partial charge in [0.2, 0.25) is 0 Å². The Kier molecular flexibility index (Phi) is 20.7. The second kappa shape index (κ2) is 26.6. The van der Waals surface area contributed by atoms with Crippen LogP contribution in [0.5, 0.6) is 0 Å². The van der Waals surface area contributed by atoms with Gasteiger partial charge in [-0.1, -0.05) is 172 Å². The van der Waals surface area contributed by atoms with Gasteiger partial charge in [-0.05, 0) is 90.5 Å². The summed E-state index contributed by atoms with van der Waals surface area (Å²) in [7, 11) is 0. The maximum absolute atomic E-state index is 12.6. The molecule has 8 rings (SSSR count). The summed E-state index contributed by atoms with van der Waals surface area (Å²) in [5, 5.41) is 15.3. The molecule has 0 aliphatic carbocycles. The van der Waals surface area contributed by atoms with E-state index in [0.717, 1.165) is 0 Å². The summed E-state index contributed by atoms with van der Waals surface area (Å²) in [5.41, 5.74) is 9.52. The SMILES string of the molecule is Nc1ccc(Cl)c(C(=O)c2ccccc2)c1.O=C(Cl)c1cc(Cl)cc(Cl)c1.O=C(Nc1ccc(Cl)c(C(=O)c2ccccc2)c1)c1cc(Cl)cc(Cl)c1.O=C(c1ccccc1)c1cc([N+](=O)[O-])ccc1Cl. The van der Waals surface area contributed by atoms with E-state index in [1.165, 1.54) is 48.5 Å². The van der Waals surface area contributed by atoms with Gasteiger partial charge in [0.25, 0.3) is 16.8 Å². The van der Waals surface area contributed by atoms with Gasteiger partial charge < -0.3 is 11.1 Å². The molecule has 0 aromatic heterocycles. The van der Waals surface area contributed by atoms with Gasteiger partial charge in [0, 0.05) is 88.1 Å². The van der Waals surface area contributed by atoms with Crippen molar-refractivity contribution in [3.63, 3.8) is 0 Å². The van der Waals surface area contributed by atoms with Gasteiger partial charge >= 0.3 is 0 Å². The fourth-order valence-electron chi connectivity index (χ4n) is 6.09. The molecule has 1 amide bonds. The fraction of sp³-hybridized carbons (Fsp3) is 0. The highest BCUT2D eigenvalue weighted by atomic mass is 35.5. The number of hydrogen-bond acceptors (Lipinski definition) is 8. The van der Waals surface area contributed by atoms with E-state index in [-0.39, 0.29) is 33.6 Å². The Morgan fingerprint density at radius 3 is 1.20 bits per heavy atom. The first kappa shape index (κ1) is 55.4. The molecule has 0 spiro atoms. The van der Waals surface area contributed by atoms with E-state index in [4.69, 9.17) is 98.5 Å².